The van der Waals surface area contributed by atoms with Gasteiger partial charge in [-0.25, -0.2) is 0 Å². The van der Waals surface area contributed by atoms with Gasteiger partial charge in [-0.15, -0.1) is 0 Å². The minimum Gasteiger partial charge on any atom is -0.462 e. The van der Waals surface area contributed by atoms with Crippen molar-refractivity contribution >= 4 is 17.9 Å². The summed E-state index contributed by atoms with van der Waals surface area (Å²) in [5.74, 6) is -0.916. The second-order valence-electron chi connectivity index (χ2n) is 19.2. The van der Waals surface area contributed by atoms with Crippen LogP contribution in [0.5, 0.6) is 0 Å². The van der Waals surface area contributed by atoms with Gasteiger partial charge in [-0.1, -0.05) is 246 Å². The predicted molar refractivity (Wildman–Crippen MR) is 302 cm³/mol. The second kappa shape index (κ2) is 57.9. The molecule has 0 aliphatic heterocycles. The van der Waals surface area contributed by atoms with Crippen molar-refractivity contribution in [2.24, 2.45) is 0 Å². The van der Waals surface area contributed by atoms with Gasteiger partial charge in [-0.05, 0) is 103 Å². The quantitative estimate of drug-likeness (QED) is 0.0262. The van der Waals surface area contributed by atoms with E-state index in [1.165, 1.54) is 103 Å². The molecule has 0 N–H and O–H groups in total. The number of carbonyl (C=O) groups excluding carboxylic acids is 3. The molecule has 1 unspecified atom stereocenters. The maximum absolute atomic E-state index is 12.8. The molecule has 6 heteroatoms. The molecule has 0 aliphatic rings. The van der Waals surface area contributed by atoms with Gasteiger partial charge in [0, 0.05) is 19.3 Å². The van der Waals surface area contributed by atoms with E-state index >= 15 is 0 Å². The zero-order valence-corrected chi connectivity index (χ0v) is 45.8. The highest BCUT2D eigenvalue weighted by molar-refractivity contribution is 5.71. The van der Waals surface area contributed by atoms with Crippen LogP contribution in [0.4, 0.5) is 0 Å². The second-order valence-corrected chi connectivity index (χ2v) is 19.2. The molecular weight excluding hydrogens is 865 g/mol. The molecule has 0 bridgehead atoms. The van der Waals surface area contributed by atoms with Gasteiger partial charge < -0.3 is 14.2 Å². The SMILES string of the molecule is CC/C=C\C/C=C\C/C=C\C/C=C\C/C=C\CCCCCCCC(=O)OC(COC(=O)CCCCCCCCCC)COC(=O)CCCCCCCCCC/C=C\C/C=C\C/C=C\CCCCCCC. The van der Waals surface area contributed by atoms with Gasteiger partial charge in [0.1, 0.15) is 13.2 Å². The fourth-order valence-electron chi connectivity index (χ4n) is 7.95. The molecule has 0 saturated carbocycles. The van der Waals surface area contributed by atoms with Crippen LogP contribution in [0.1, 0.15) is 271 Å². The fraction of sp³-hybridized carbons (Fsp3) is 0.703. The molecule has 0 radical (unpaired) electrons. The van der Waals surface area contributed by atoms with Gasteiger partial charge in [-0.3, -0.25) is 14.4 Å². The summed E-state index contributed by atoms with van der Waals surface area (Å²) in [5.41, 5.74) is 0. The molecule has 6 nitrogen and oxygen atoms in total. The van der Waals surface area contributed by atoms with Crippen molar-refractivity contribution in [1.29, 1.82) is 0 Å². The maximum atomic E-state index is 12.8. The van der Waals surface area contributed by atoms with Crippen LogP contribution in [0, 0.1) is 0 Å². The van der Waals surface area contributed by atoms with Gasteiger partial charge in [0.25, 0.3) is 0 Å². The smallest absolute Gasteiger partial charge is 0.306 e. The fourth-order valence-corrected chi connectivity index (χ4v) is 7.95. The van der Waals surface area contributed by atoms with Crippen molar-refractivity contribution in [1.82, 2.24) is 0 Å². The number of unbranched alkanes of at least 4 members (excludes halogenated alkanes) is 25. The Morgan fingerprint density at radius 2 is 0.557 bits per heavy atom. The Labute approximate surface area is 432 Å². The number of allylic oxidation sites excluding steroid dienone is 16. The van der Waals surface area contributed by atoms with E-state index in [1.54, 1.807) is 0 Å². The van der Waals surface area contributed by atoms with E-state index in [4.69, 9.17) is 14.2 Å². The third kappa shape index (κ3) is 55.3. The zero-order valence-electron chi connectivity index (χ0n) is 45.8. The van der Waals surface area contributed by atoms with Crippen molar-refractivity contribution in [3.05, 3.63) is 97.2 Å². The first kappa shape index (κ1) is 66.3. The van der Waals surface area contributed by atoms with E-state index in [-0.39, 0.29) is 31.1 Å². The third-order valence-electron chi connectivity index (χ3n) is 12.3. The van der Waals surface area contributed by atoms with E-state index < -0.39 is 6.10 Å². The Morgan fingerprint density at radius 1 is 0.300 bits per heavy atom. The molecule has 0 fully saturated rings. The first-order chi connectivity index (χ1) is 34.5. The monoisotopic (exact) mass is 973 g/mol. The molecule has 0 rings (SSSR count). The van der Waals surface area contributed by atoms with Crippen molar-refractivity contribution in [2.45, 2.75) is 277 Å². The Kier molecular flexibility index (Phi) is 54.9. The van der Waals surface area contributed by atoms with Crippen LogP contribution in [-0.2, 0) is 28.6 Å². The van der Waals surface area contributed by atoms with Crippen LogP contribution < -0.4 is 0 Å². The summed E-state index contributed by atoms with van der Waals surface area (Å²) in [6, 6.07) is 0. The summed E-state index contributed by atoms with van der Waals surface area (Å²) in [5, 5.41) is 0. The molecular formula is C64H108O6. The van der Waals surface area contributed by atoms with Crippen molar-refractivity contribution < 1.29 is 28.6 Å². The molecule has 400 valence electrons. The summed E-state index contributed by atoms with van der Waals surface area (Å²) in [4.78, 5) is 38.0. The molecule has 0 aromatic rings. The lowest BCUT2D eigenvalue weighted by Gasteiger charge is -2.18. The van der Waals surface area contributed by atoms with E-state index in [0.717, 1.165) is 128 Å². The number of rotatable bonds is 52. The average molecular weight is 974 g/mol. The molecule has 70 heavy (non-hydrogen) atoms. The average Bonchev–Trinajstić information content (AvgIpc) is 3.36. The van der Waals surface area contributed by atoms with Crippen molar-refractivity contribution in [3.63, 3.8) is 0 Å². The summed E-state index contributed by atoms with van der Waals surface area (Å²) < 4.78 is 16.8. The molecule has 1 atom stereocenters. The van der Waals surface area contributed by atoms with Crippen LogP contribution in [0.25, 0.3) is 0 Å². The number of hydrogen-bond donors (Lipinski definition) is 0. The third-order valence-corrected chi connectivity index (χ3v) is 12.3. The lowest BCUT2D eigenvalue weighted by molar-refractivity contribution is -0.167. The van der Waals surface area contributed by atoms with Gasteiger partial charge in [0.05, 0.1) is 0 Å². The zero-order chi connectivity index (χ0) is 50.7. The number of ether oxygens (including phenoxy) is 3. The first-order valence-electron chi connectivity index (χ1n) is 29.2. The minimum atomic E-state index is -0.790. The van der Waals surface area contributed by atoms with Crippen LogP contribution in [0.15, 0.2) is 97.2 Å². The summed E-state index contributed by atoms with van der Waals surface area (Å²) in [6.07, 6.45) is 76.9. The van der Waals surface area contributed by atoms with Crippen LogP contribution in [0.2, 0.25) is 0 Å². The Bertz CT molecular complexity index is 1400. The predicted octanol–water partition coefficient (Wildman–Crippen LogP) is 19.7. The number of carbonyl (C=O) groups is 3. The van der Waals surface area contributed by atoms with Crippen molar-refractivity contribution in [3.8, 4) is 0 Å². The molecule has 0 aromatic heterocycles. The molecule has 0 aromatic carbocycles. The Hall–Kier alpha value is -3.67. The molecule has 0 amide bonds. The lowest BCUT2D eigenvalue weighted by Crippen LogP contribution is -2.30. The highest BCUT2D eigenvalue weighted by Gasteiger charge is 2.19. The summed E-state index contributed by atoms with van der Waals surface area (Å²) >= 11 is 0. The van der Waals surface area contributed by atoms with Gasteiger partial charge in [-0.2, -0.15) is 0 Å². The molecule has 0 heterocycles. The molecule has 0 spiro atoms. The van der Waals surface area contributed by atoms with E-state index in [9.17, 15) is 14.4 Å². The largest absolute Gasteiger partial charge is 0.462 e. The Morgan fingerprint density at radius 3 is 0.871 bits per heavy atom. The maximum Gasteiger partial charge on any atom is 0.306 e. The van der Waals surface area contributed by atoms with Crippen LogP contribution in [-0.4, -0.2) is 37.2 Å². The van der Waals surface area contributed by atoms with Gasteiger partial charge >= 0.3 is 17.9 Å². The minimum absolute atomic E-state index is 0.0876. The first-order valence-corrected chi connectivity index (χ1v) is 29.2. The molecule has 0 aliphatic carbocycles. The number of esters is 3. The Balaban J connectivity index is 4.30. The van der Waals surface area contributed by atoms with Crippen LogP contribution >= 0.6 is 0 Å². The van der Waals surface area contributed by atoms with Crippen molar-refractivity contribution in [2.75, 3.05) is 13.2 Å². The van der Waals surface area contributed by atoms with Gasteiger partial charge in [0.2, 0.25) is 0 Å². The van der Waals surface area contributed by atoms with Crippen LogP contribution in [0.3, 0.4) is 0 Å². The standard InChI is InChI=1S/C64H108O6/c1-4-7-10-13-16-19-21-23-25-27-29-31-32-34-35-37-39-41-43-45-48-51-54-57-63(66)69-60-61(59-68-62(65)56-53-50-47-18-15-12-9-6-3)70-64(67)58-55-52-49-46-44-42-40-38-36-33-30-28-26-24-22-20-17-14-11-8-5-2/h8,11,17,20-21,23-24,26-27,29-30,32-34,38,40,61H,4-7,9-10,12-16,18-19,22,25,28,31,35-37,39,41-60H2,1-3H3/b11-8-,20-17-,23-21-,26-24-,29-27-,33-30-,34-32-,40-38-. The lowest BCUT2D eigenvalue weighted by atomic mass is 10.1. The summed E-state index contributed by atoms with van der Waals surface area (Å²) in [7, 11) is 0. The highest BCUT2D eigenvalue weighted by Crippen LogP contribution is 2.14. The molecule has 0 saturated heterocycles. The topological polar surface area (TPSA) is 78.9 Å². The number of hydrogen-bond acceptors (Lipinski definition) is 6. The normalized spacial score (nSPS) is 12.8. The van der Waals surface area contributed by atoms with E-state index in [2.05, 4.69) is 118 Å². The van der Waals surface area contributed by atoms with E-state index in [1.807, 2.05) is 0 Å². The van der Waals surface area contributed by atoms with Gasteiger partial charge in [0.15, 0.2) is 6.10 Å². The van der Waals surface area contributed by atoms with E-state index in [0.29, 0.717) is 19.3 Å². The highest BCUT2D eigenvalue weighted by atomic mass is 16.6. The summed E-state index contributed by atoms with van der Waals surface area (Å²) in [6.45, 7) is 6.47.